The number of carbonyl (C=O) groups excluding carboxylic acids is 2. The number of rotatable bonds is 9. The van der Waals surface area contributed by atoms with Crippen LogP contribution in [0.25, 0.3) is 0 Å². The third kappa shape index (κ3) is 5.14. The van der Waals surface area contributed by atoms with Gasteiger partial charge in [0.25, 0.3) is 11.8 Å². The van der Waals surface area contributed by atoms with E-state index >= 15 is 0 Å². The third-order valence-electron chi connectivity index (χ3n) is 5.97. The lowest BCUT2D eigenvalue weighted by Gasteiger charge is -2.38. The van der Waals surface area contributed by atoms with Gasteiger partial charge in [0.05, 0.1) is 5.56 Å². The van der Waals surface area contributed by atoms with E-state index in [1.54, 1.807) is 42.5 Å². The summed E-state index contributed by atoms with van der Waals surface area (Å²) in [5, 5.41) is 4.77. The summed E-state index contributed by atoms with van der Waals surface area (Å²) in [5.74, 6) is -0.0340. The van der Waals surface area contributed by atoms with Crippen molar-refractivity contribution in [1.82, 2.24) is 10.4 Å². The molecule has 180 valence electrons. The fourth-order valence-electron chi connectivity index (χ4n) is 4.09. The number of para-hydroxylation sites is 1. The van der Waals surface area contributed by atoms with Crippen LogP contribution in [0.1, 0.15) is 46.3 Å². The number of carbonyl (C=O) groups is 2. The standard InChI is InChI=1S/C28H30N4O3/c1-4-19-35-23-17-13-21(14-18-23)27(33)30-32-26(29-25-10-8-7-9-24(25)28(32)34)20-11-15-22(16-12-20)31(5-2)6-3/h4,7-18,26,29H,1,5-6,19H2,2-3H3,(H,30,33)/t26-/m0/s1. The van der Waals surface area contributed by atoms with Crippen LogP contribution in [0, 0.1) is 0 Å². The van der Waals surface area contributed by atoms with Gasteiger partial charge < -0.3 is 15.0 Å². The fraction of sp³-hybridized carbons (Fsp3) is 0.214. The maximum absolute atomic E-state index is 13.4. The lowest BCUT2D eigenvalue weighted by Crippen LogP contribution is -2.52. The van der Waals surface area contributed by atoms with E-state index in [4.69, 9.17) is 4.74 Å². The Bertz CT molecular complexity index is 1190. The van der Waals surface area contributed by atoms with Crippen molar-refractivity contribution in [2.45, 2.75) is 20.0 Å². The molecule has 0 bridgehead atoms. The van der Waals surface area contributed by atoms with Gasteiger partial charge in [-0.2, -0.15) is 0 Å². The maximum Gasteiger partial charge on any atom is 0.276 e. The highest BCUT2D eigenvalue weighted by Gasteiger charge is 2.34. The van der Waals surface area contributed by atoms with Crippen LogP contribution in [0.5, 0.6) is 5.75 Å². The summed E-state index contributed by atoms with van der Waals surface area (Å²) in [5.41, 5.74) is 6.42. The Morgan fingerprint density at radius 3 is 2.40 bits per heavy atom. The average molecular weight is 471 g/mol. The molecule has 3 aromatic rings. The molecule has 7 heteroatoms. The number of nitrogens with zero attached hydrogens (tertiary/aromatic N) is 2. The van der Waals surface area contributed by atoms with E-state index in [0.717, 1.165) is 30.0 Å². The molecule has 0 spiro atoms. The van der Waals surface area contributed by atoms with Gasteiger partial charge in [0.1, 0.15) is 18.5 Å². The van der Waals surface area contributed by atoms with Gasteiger partial charge in [-0.3, -0.25) is 15.0 Å². The molecule has 0 fully saturated rings. The molecule has 1 atom stereocenters. The van der Waals surface area contributed by atoms with Crippen molar-refractivity contribution in [3.05, 3.63) is 102 Å². The van der Waals surface area contributed by atoms with Crippen LogP contribution < -0.4 is 20.4 Å². The highest BCUT2D eigenvalue weighted by Crippen LogP contribution is 2.32. The zero-order chi connectivity index (χ0) is 24.8. The Morgan fingerprint density at radius 2 is 1.74 bits per heavy atom. The molecule has 4 rings (SSSR count). The number of anilines is 2. The first-order chi connectivity index (χ1) is 17.0. The molecule has 0 radical (unpaired) electrons. The summed E-state index contributed by atoms with van der Waals surface area (Å²) in [6.45, 7) is 10.1. The zero-order valence-electron chi connectivity index (χ0n) is 20.0. The molecule has 2 amide bonds. The molecule has 1 heterocycles. The van der Waals surface area contributed by atoms with E-state index in [2.05, 4.69) is 36.1 Å². The topological polar surface area (TPSA) is 73.9 Å². The molecule has 1 aliphatic heterocycles. The normalized spacial score (nSPS) is 14.5. The first-order valence-corrected chi connectivity index (χ1v) is 11.7. The second-order valence-corrected chi connectivity index (χ2v) is 8.10. The quantitative estimate of drug-likeness (QED) is 0.430. The van der Waals surface area contributed by atoms with Gasteiger partial charge in [0, 0.05) is 30.0 Å². The Labute approximate surface area is 206 Å². The van der Waals surface area contributed by atoms with Gasteiger partial charge >= 0.3 is 0 Å². The lowest BCUT2D eigenvalue weighted by atomic mass is 10.0. The Balaban J connectivity index is 1.61. The molecular weight excluding hydrogens is 440 g/mol. The molecule has 3 aromatic carbocycles. The molecule has 35 heavy (non-hydrogen) atoms. The van der Waals surface area contributed by atoms with E-state index in [-0.39, 0.29) is 11.8 Å². The van der Waals surface area contributed by atoms with Gasteiger partial charge in [-0.1, -0.05) is 36.9 Å². The predicted molar refractivity (Wildman–Crippen MR) is 139 cm³/mol. The average Bonchev–Trinajstić information content (AvgIpc) is 2.90. The van der Waals surface area contributed by atoms with E-state index in [9.17, 15) is 9.59 Å². The minimum atomic E-state index is -0.567. The summed E-state index contributed by atoms with van der Waals surface area (Å²) in [6.07, 6.45) is 1.09. The third-order valence-corrected chi connectivity index (χ3v) is 5.97. The second kappa shape index (κ2) is 10.8. The lowest BCUT2D eigenvalue weighted by molar-refractivity contribution is 0.0491. The van der Waals surface area contributed by atoms with Crippen LogP contribution in [0.4, 0.5) is 11.4 Å². The number of fused-ring (bicyclic) bond motifs is 1. The Kier molecular flexibility index (Phi) is 7.35. The summed E-state index contributed by atoms with van der Waals surface area (Å²) >= 11 is 0. The monoisotopic (exact) mass is 470 g/mol. The summed E-state index contributed by atoms with van der Waals surface area (Å²) < 4.78 is 5.49. The molecule has 1 aliphatic rings. The van der Waals surface area contributed by atoms with E-state index in [1.807, 2.05) is 36.4 Å². The van der Waals surface area contributed by atoms with Crippen LogP contribution in [-0.4, -0.2) is 36.5 Å². The van der Waals surface area contributed by atoms with Crippen LogP contribution in [0.2, 0.25) is 0 Å². The molecule has 0 aliphatic carbocycles. The van der Waals surface area contributed by atoms with E-state index in [1.165, 1.54) is 5.01 Å². The number of nitrogens with one attached hydrogen (secondary N) is 2. The number of hydrogen-bond donors (Lipinski definition) is 2. The van der Waals surface area contributed by atoms with Gasteiger partial charge in [-0.15, -0.1) is 0 Å². The van der Waals surface area contributed by atoms with Crippen LogP contribution in [0.15, 0.2) is 85.5 Å². The Hall–Kier alpha value is -4.26. The molecule has 0 unspecified atom stereocenters. The number of amides is 2. The molecule has 7 nitrogen and oxygen atoms in total. The van der Waals surface area contributed by atoms with Crippen LogP contribution in [-0.2, 0) is 0 Å². The SMILES string of the molecule is C=CCOc1ccc(C(=O)NN2C(=O)c3ccccc3N[C@@H]2c2ccc(N(CC)CC)cc2)cc1. The Morgan fingerprint density at radius 1 is 1.06 bits per heavy atom. The number of benzene rings is 3. The molecule has 0 saturated carbocycles. The number of hydrazine groups is 1. The van der Waals surface area contributed by atoms with Crippen molar-refractivity contribution < 1.29 is 14.3 Å². The van der Waals surface area contributed by atoms with Crippen molar-refractivity contribution in [1.29, 1.82) is 0 Å². The first kappa shape index (κ1) is 23.9. The highest BCUT2D eigenvalue weighted by atomic mass is 16.5. The van der Waals surface area contributed by atoms with Crippen molar-refractivity contribution in [2.75, 3.05) is 29.9 Å². The van der Waals surface area contributed by atoms with Crippen molar-refractivity contribution >= 4 is 23.2 Å². The first-order valence-electron chi connectivity index (χ1n) is 11.7. The summed E-state index contributed by atoms with van der Waals surface area (Å²) in [7, 11) is 0. The molecule has 0 saturated heterocycles. The number of hydrogen-bond acceptors (Lipinski definition) is 5. The maximum atomic E-state index is 13.4. The smallest absolute Gasteiger partial charge is 0.276 e. The van der Waals surface area contributed by atoms with E-state index in [0.29, 0.717) is 23.5 Å². The molecule has 0 aromatic heterocycles. The van der Waals surface area contributed by atoms with Crippen LogP contribution >= 0.6 is 0 Å². The van der Waals surface area contributed by atoms with Crippen LogP contribution in [0.3, 0.4) is 0 Å². The fourth-order valence-corrected chi connectivity index (χ4v) is 4.09. The largest absolute Gasteiger partial charge is 0.490 e. The minimum absolute atomic E-state index is 0.281. The zero-order valence-corrected chi connectivity index (χ0v) is 20.0. The van der Waals surface area contributed by atoms with Crippen molar-refractivity contribution in [3.8, 4) is 5.75 Å². The van der Waals surface area contributed by atoms with Gasteiger partial charge in [-0.05, 0) is 67.9 Å². The van der Waals surface area contributed by atoms with Gasteiger partial charge in [0.2, 0.25) is 0 Å². The molecular formula is C28H30N4O3. The number of ether oxygens (including phenoxy) is 1. The molecule has 2 N–H and O–H groups in total. The van der Waals surface area contributed by atoms with Crippen molar-refractivity contribution in [2.24, 2.45) is 0 Å². The van der Waals surface area contributed by atoms with E-state index < -0.39 is 6.17 Å². The summed E-state index contributed by atoms with van der Waals surface area (Å²) in [6, 6.07) is 22.1. The van der Waals surface area contributed by atoms with Crippen molar-refractivity contribution in [3.63, 3.8) is 0 Å². The predicted octanol–water partition coefficient (Wildman–Crippen LogP) is 5.01. The van der Waals surface area contributed by atoms with Gasteiger partial charge in [0.15, 0.2) is 0 Å². The second-order valence-electron chi connectivity index (χ2n) is 8.10. The van der Waals surface area contributed by atoms with Gasteiger partial charge in [-0.25, -0.2) is 5.01 Å². The highest BCUT2D eigenvalue weighted by molar-refractivity contribution is 6.04. The minimum Gasteiger partial charge on any atom is -0.490 e. The summed E-state index contributed by atoms with van der Waals surface area (Å²) in [4.78, 5) is 28.8.